The molecule has 0 saturated heterocycles. The van der Waals surface area contributed by atoms with Gasteiger partial charge in [-0.1, -0.05) is 26.7 Å². The first-order valence-corrected chi connectivity index (χ1v) is 8.17. The molecule has 0 fully saturated rings. The van der Waals surface area contributed by atoms with Crippen LogP contribution in [0.3, 0.4) is 0 Å². The third kappa shape index (κ3) is 4.63. The highest BCUT2D eigenvalue weighted by atomic mass is 16.5. The lowest BCUT2D eigenvalue weighted by Crippen LogP contribution is -2.33. The number of fused-ring (bicyclic) bond motifs is 1. The molecule has 3 nitrogen and oxygen atoms in total. The number of benzene rings is 1. The zero-order chi connectivity index (χ0) is 15.2. The highest BCUT2D eigenvalue weighted by molar-refractivity contribution is 5.43. The topological polar surface area (TPSA) is 30.5 Å². The van der Waals surface area contributed by atoms with Gasteiger partial charge in [0, 0.05) is 24.1 Å². The van der Waals surface area contributed by atoms with Crippen molar-refractivity contribution in [3.05, 3.63) is 23.8 Å². The highest BCUT2D eigenvalue weighted by Gasteiger charge is 2.23. The van der Waals surface area contributed by atoms with Crippen LogP contribution in [0.2, 0.25) is 0 Å². The minimum atomic E-state index is 0.373. The minimum Gasteiger partial charge on any atom is -0.497 e. The van der Waals surface area contributed by atoms with Gasteiger partial charge in [0.05, 0.1) is 13.7 Å². The van der Waals surface area contributed by atoms with Crippen LogP contribution in [-0.2, 0) is 0 Å². The average molecular weight is 291 g/mol. The summed E-state index contributed by atoms with van der Waals surface area (Å²) in [5.74, 6) is 2.69. The predicted molar refractivity (Wildman–Crippen MR) is 87.1 cm³/mol. The Labute approximate surface area is 129 Å². The third-order valence-corrected chi connectivity index (χ3v) is 4.16. The summed E-state index contributed by atoms with van der Waals surface area (Å²) in [6, 6.07) is 7.00. The molecule has 0 aromatic heterocycles. The molecule has 1 aromatic carbocycles. The molecular formula is C18H29NO2. The van der Waals surface area contributed by atoms with Crippen molar-refractivity contribution < 1.29 is 9.47 Å². The molecular weight excluding hydrogens is 262 g/mol. The van der Waals surface area contributed by atoms with E-state index in [1.165, 1.54) is 24.8 Å². The fourth-order valence-electron chi connectivity index (χ4n) is 2.93. The van der Waals surface area contributed by atoms with Gasteiger partial charge < -0.3 is 14.8 Å². The van der Waals surface area contributed by atoms with Crippen LogP contribution in [0.4, 0.5) is 0 Å². The fraction of sp³-hybridized carbons (Fsp3) is 0.667. The number of ether oxygens (including phenoxy) is 2. The lowest BCUT2D eigenvalue weighted by atomic mass is 9.98. The molecule has 1 aliphatic heterocycles. The van der Waals surface area contributed by atoms with E-state index < -0.39 is 0 Å². The van der Waals surface area contributed by atoms with Gasteiger partial charge in [0.2, 0.25) is 0 Å². The van der Waals surface area contributed by atoms with Gasteiger partial charge in [0.1, 0.15) is 11.5 Å². The van der Waals surface area contributed by atoms with Crippen LogP contribution in [0, 0.1) is 5.92 Å². The molecule has 118 valence electrons. The molecule has 1 heterocycles. The fourth-order valence-corrected chi connectivity index (χ4v) is 2.93. The van der Waals surface area contributed by atoms with Crippen LogP contribution in [-0.4, -0.2) is 19.8 Å². The molecule has 1 N–H and O–H groups in total. The zero-order valence-electron chi connectivity index (χ0n) is 13.8. The zero-order valence-corrected chi connectivity index (χ0v) is 13.8. The van der Waals surface area contributed by atoms with E-state index >= 15 is 0 Å². The van der Waals surface area contributed by atoms with E-state index in [0.29, 0.717) is 12.1 Å². The highest BCUT2D eigenvalue weighted by Crippen LogP contribution is 2.35. The second-order valence-electron chi connectivity index (χ2n) is 6.49. The number of methoxy groups -OCH3 is 1. The molecule has 1 aromatic rings. The summed E-state index contributed by atoms with van der Waals surface area (Å²) < 4.78 is 11.1. The molecule has 21 heavy (non-hydrogen) atoms. The van der Waals surface area contributed by atoms with Crippen LogP contribution < -0.4 is 14.8 Å². The van der Waals surface area contributed by atoms with Gasteiger partial charge in [0.15, 0.2) is 0 Å². The number of hydrogen-bond acceptors (Lipinski definition) is 3. The van der Waals surface area contributed by atoms with Gasteiger partial charge in [-0.3, -0.25) is 0 Å². The quantitative estimate of drug-likeness (QED) is 0.811. The standard InChI is InChI=1S/C18H29NO2/c1-13(2)6-5-7-14(3)19-17-10-11-21-18-9-8-15(20-4)12-16(17)18/h8-9,12-14,17,19H,5-7,10-11H2,1-4H3. The van der Waals surface area contributed by atoms with Crippen molar-refractivity contribution in [2.45, 2.75) is 58.5 Å². The third-order valence-electron chi connectivity index (χ3n) is 4.16. The first kappa shape index (κ1) is 16.2. The molecule has 2 atom stereocenters. The summed E-state index contributed by atoms with van der Waals surface area (Å²) in [5, 5.41) is 3.76. The maximum absolute atomic E-state index is 5.75. The molecule has 0 amide bonds. The van der Waals surface area contributed by atoms with E-state index in [-0.39, 0.29) is 0 Å². The van der Waals surface area contributed by atoms with Gasteiger partial charge in [-0.05, 0) is 37.5 Å². The number of rotatable bonds is 7. The van der Waals surface area contributed by atoms with Gasteiger partial charge >= 0.3 is 0 Å². The lowest BCUT2D eigenvalue weighted by molar-refractivity contribution is 0.242. The molecule has 1 aliphatic rings. The second kappa shape index (κ2) is 7.69. The molecule has 0 spiro atoms. The van der Waals surface area contributed by atoms with Gasteiger partial charge in [-0.15, -0.1) is 0 Å². The van der Waals surface area contributed by atoms with Crippen molar-refractivity contribution >= 4 is 0 Å². The Morgan fingerprint density at radius 2 is 2.10 bits per heavy atom. The molecule has 2 unspecified atom stereocenters. The van der Waals surface area contributed by atoms with E-state index in [1.54, 1.807) is 7.11 Å². The molecule has 0 bridgehead atoms. The number of nitrogens with one attached hydrogen (secondary N) is 1. The van der Waals surface area contributed by atoms with Crippen molar-refractivity contribution in [2.24, 2.45) is 5.92 Å². The van der Waals surface area contributed by atoms with E-state index in [0.717, 1.165) is 30.4 Å². The van der Waals surface area contributed by atoms with E-state index in [4.69, 9.17) is 9.47 Å². The lowest BCUT2D eigenvalue weighted by Gasteiger charge is -2.29. The van der Waals surface area contributed by atoms with Gasteiger partial charge in [0.25, 0.3) is 0 Å². The van der Waals surface area contributed by atoms with Crippen LogP contribution in [0.5, 0.6) is 11.5 Å². The summed E-state index contributed by atoms with van der Waals surface area (Å²) in [5.41, 5.74) is 1.23. The second-order valence-corrected chi connectivity index (χ2v) is 6.49. The number of hydrogen-bond donors (Lipinski definition) is 1. The molecule has 0 aliphatic carbocycles. The van der Waals surface area contributed by atoms with Gasteiger partial charge in [-0.25, -0.2) is 0 Å². The van der Waals surface area contributed by atoms with Gasteiger partial charge in [-0.2, -0.15) is 0 Å². The summed E-state index contributed by atoms with van der Waals surface area (Å²) in [6.07, 6.45) is 4.85. The Hall–Kier alpha value is -1.22. The van der Waals surface area contributed by atoms with Crippen LogP contribution in [0.25, 0.3) is 0 Å². The Balaban J connectivity index is 1.95. The van der Waals surface area contributed by atoms with E-state index in [1.807, 2.05) is 12.1 Å². The summed E-state index contributed by atoms with van der Waals surface area (Å²) >= 11 is 0. The molecule has 0 saturated carbocycles. The van der Waals surface area contributed by atoms with E-state index in [9.17, 15) is 0 Å². The summed E-state index contributed by atoms with van der Waals surface area (Å²) in [7, 11) is 1.71. The van der Waals surface area contributed by atoms with Crippen LogP contribution in [0.1, 0.15) is 58.1 Å². The monoisotopic (exact) mass is 291 g/mol. The molecule has 3 heteroatoms. The van der Waals surface area contributed by atoms with E-state index in [2.05, 4.69) is 32.2 Å². The Bertz CT molecular complexity index is 445. The SMILES string of the molecule is COc1ccc2c(c1)C(NC(C)CCCC(C)C)CCO2. The average Bonchev–Trinajstić information content (AvgIpc) is 2.46. The normalized spacial score (nSPS) is 19.0. The Morgan fingerprint density at radius 1 is 1.29 bits per heavy atom. The van der Waals surface area contributed by atoms with Crippen molar-refractivity contribution in [1.82, 2.24) is 5.32 Å². The predicted octanol–water partition coefficient (Wildman–Crippen LogP) is 4.32. The smallest absolute Gasteiger partial charge is 0.124 e. The first-order valence-electron chi connectivity index (χ1n) is 8.17. The Kier molecular flexibility index (Phi) is 5.92. The summed E-state index contributed by atoms with van der Waals surface area (Å²) in [6.45, 7) is 7.66. The van der Waals surface area contributed by atoms with Crippen LogP contribution in [0.15, 0.2) is 18.2 Å². The largest absolute Gasteiger partial charge is 0.497 e. The van der Waals surface area contributed by atoms with Crippen molar-refractivity contribution in [3.8, 4) is 11.5 Å². The Morgan fingerprint density at radius 3 is 2.81 bits per heavy atom. The van der Waals surface area contributed by atoms with Crippen molar-refractivity contribution in [2.75, 3.05) is 13.7 Å². The summed E-state index contributed by atoms with van der Waals surface area (Å²) in [4.78, 5) is 0. The first-order chi connectivity index (χ1) is 10.1. The molecule has 0 radical (unpaired) electrons. The van der Waals surface area contributed by atoms with Crippen molar-refractivity contribution in [1.29, 1.82) is 0 Å². The molecule has 2 rings (SSSR count). The maximum Gasteiger partial charge on any atom is 0.124 e. The minimum absolute atomic E-state index is 0.373. The van der Waals surface area contributed by atoms with Crippen LogP contribution >= 0.6 is 0 Å². The van der Waals surface area contributed by atoms with Crippen molar-refractivity contribution in [3.63, 3.8) is 0 Å². The maximum atomic E-state index is 5.75.